The van der Waals surface area contributed by atoms with Gasteiger partial charge in [0.15, 0.2) is 5.69 Å². The predicted octanol–water partition coefficient (Wildman–Crippen LogP) is 2.83. The van der Waals surface area contributed by atoms with Gasteiger partial charge in [-0.1, -0.05) is 32.0 Å². The molecule has 1 aliphatic rings. The van der Waals surface area contributed by atoms with Crippen molar-refractivity contribution in [3.05, 3.63) is 46.9 Å². The number of hydrogen-bond donors (Lipinski definition) is 1. The molecule has 118 valence electrons. The molecule has 6 nitrogen and oxygen atoms in total. The Morgan fingerprint density at radius 2 is 1.96 bits per heavy atom. The molecule has 0 bridgehead atoms. The van der Waals surface area contributed by atoms with Crippen LogP contribution in [0.2, 0.25) is 0 Å². The van der Waals surface area contributed by atoms with E-state index in [4.69, 9.17) is 0 Å². The summed E-state index contributed by atoms with van der Waals surface area (Å²) in [5.74, 6) is -0.542. The van der Waals surface area contributed by atoms with Crippen molar-refractivity contribution in [3.8, 4) is 0 Å². The fraction of sp³-hybridized carbons (Fsp3) is 0.294. The molecule has 1 N–H and O–H groups in total. The summed E-state index contributed by atoms with van der Waals surface area (Å²) in [6.07, 6.45) is 0.00365. The van der Waals surface area contributed by atoms with E-state index in [-0.39, 0.29) is 23.9 Å². The fourth-order valence-electron chi connectivity index (χ4n) is 2.68. The van der Waals surface area contributed by atoms with Crippen molar-refractivity contribution in [1.29, 1.82) is 0 Å². The van der Waals surface area contributed by atoms with Crippen LogP contribution in [0, 0.1) is 6.92 Å². The van der Waals surface area contributed by atoms with Crippen molar-refractivity contribution in [3.63, 3.8) is 0 Å². The molecule has 0 saturated carbocycles. The third-order valence-corrected chi connectivity index (χ3v) is 3.87. The maximum absolute atomic E-state index is 12.5. The lowest BCUT2D eigenvalue weighted by Gasteiger charge is -2.19. The topological polar surface area (TPSA) is 83.4 Å². The van der Waals surface area contributed by atoms with Crippen molar-refractivity contribution in [2.75, 3.05) is 4.90 Å². The lowest BCUT2D eigenvalue weighted by molar-refractivity contribution is -0.116. The molecule has 0 radical (unpaired) electrons. The molecule has 1 aromatic heterocycles. The minimum absolute atomic E-state index is 0.00365. The Balaban J connectivity index is 2.25. The molecule has 0 aliphatic carbocycles. The number of carbonyl (C=O) groups excluding carboxylic acids is 1. The number of aryl methyl sites for hydroxylation is 1. The van der Waals surface area contributed by atoms with E-state index in [2.05, 4.69) is 9.97 Å². The van der Waals surface area contributed by atoms with Crippen LogP contribution in [-0.4, -0.2) is 27.0 Å². The summed E-state index contributed by atoms with van der Waals surface area (Å²) in [6.45, 7) is 5.69. The molecular weight excluding hydrogens is 294 g/mol. The van der Waals surface area contributed by atoms with Crippen LogP contribution in [0.25, 0.3) is 0 Å². The zero-order valence-electron chi connectivity index (χ0n) is 13.2. The van der Waals surface area contributed by atoms with Gasteiger partial charge in [-0.15, -0.1) is 0 Å². The second-order valence-corrected chi connectivity index (χ2v) is 5.88. The number of amides is 1. The second-order valence-electron chi connectivity index (χ2n) is 5.88. The zero-order chi connectivity index (χ0) is 16.7. The van der Waals surface area contributed by atoms with E-state index in [1.54, 1.807) is 0 Å². The SMILES string of the molecule is Cc1ccccc1N1C(=O)Cc2c(C(=O)O)nc(C(C)C)nc21. The number of carboxylic acid groups (broad SMARTS) is 1. The van der Waals surface area contributed by atoms with Crippen molar-refractivity contribution in [2.24, 2.45) is 0 Å². The lowest BCUT2D eigenvalue weighted by atomic mass is 10.1. The van der Waals surface area contributed by atoms with Gasteiger partial charge in [0, 0.05) is 11.5 Å². The van der Waals surface area contributed by atoms with E-state index >= 15 is 0 Å². The van der Waals surface area contributed by atoms with Gasteiger partial charge in [-0.3, -0.25) is 9.69 Å². The predicted molar refractivity (Wildman–Crippen MR) is 85.1 cm³/mol. The van der Waals surface area contributed by atoms with Crippen molar-refractivity contribution >= 4 is 23.4 Å². The Hall–Kier alpha value is -2.76. The molecule has 1 amide bonds. The summed E-state index contributed by atoms with van der Waals surface area (Å²) >= 11 is 0. The Bertz CT molecular complexity index is 815. The van der Waals surface area contributed by atoms with Crippen molar-refractivity contribution < 1.29 is 14.7 Å². The number of anilines is 2. The number of hydrogen-bond acceptors (Lipinski definition) is 4. The second kappa shape index (κ2) is 5.46. The average molecular weight is 311 g/mol. The van der Waals surface area contributed by atoms with Gasteiger partial charge in [0.25, 0.3) is 0 Å². The number of carbonyl (C=O) groups is 2. The standard InChI is InChI=1S/C17H17N3O3/c1-9(2)15-18-14(17(22)23)11-8-13(21)20(16(11)19-15)12-7-5-4-6-10(12)3/h4-7,9H,8H2,1-3H3,(H,22,23). The summed E-state index contributed by atoms with van der Waals surface area (Å²) in [7, 11) is 0. The molecule has 2 heterocycles. The van der Waals surface area contributed by atoms with Gasteiger partial charge >= 0.3 is 5.97 Å². The van der Waals surface area contributed by atoms with E-state index in [1.807, 2.05) is 45.0 Å². The lowest BCUT2D eigenvalue weighted by Crippen LogP contribution is -2.22. The van der Waals surface area contributed by atoms with Crippen LogP contribution in [0.15, 0.2) is 24.3 Å². The molecule has 1 aromatic carbocycles. The van der Waals surface area contributed by atoms with Gasteiger partial charge in [0.05, 0.1) is 12.1 Å². The number of nitrogens with zero attached hydrogens (tertiary/aromatic N) is 3. The number of carboxylic acids is 1. The van der Waals surface area contributed by atoms with Crippen LogP contribution < -0.4 is 4.90 Å². The Morgan fingerprint density at radius 3 is 2.57 bits per heavy atom. The summed E-state index contributed by atoms with van der Waals surface area (Å²) in [5, 5.41) is 9.43. The Labute approximate surface area is 133 Å². The average Bonchev–Trinajstić information content (AvgIpc) is 2.82. The van der Waals surface area contributed by atoms with E-state index in [0.717, 1.165) is 11.3 Å². The third kappa shape index (κ3) is 2.46. The number of para-hydroxylation sites is 1. The maximum atomic E-state index is 12.5. The van der Waals surface area contributed by atoms with Gasteiger partial charge in [0.1, 0.15) is 11.6 Å². The van der Waals surface area contributed by atoms with E-state index in [9.17, 15) is 14.7 Å². The number of rotatable bonds is 3. The molecular formula is C17H17N3O3. The van der Waals surface area contributed by atoms with Gasteiger partial charge in [-0.05, 0) is 18.6 Å². The molecule has 0 atom stereocenters. The molecule has 23 heavy (non-hydrogen) atoms. The summed E-state index contributed by atoms with van der Waals surface area (Å²) in [6, 6.07) is 7.47. The Kier molecular flexibility index (Phi) is 3.60. The minimum Gasteiger partial charge on any atom is -0.476 e. The molecule has 6 heteroatoms. The maximum Gasteiger partial charge on any atom is 0.355 e. The summed E-state index contributed by atoms with van der Waals surface area (Å²) < 4.78 is 0. The van der Waals surface area contributed by atoms with Crippen LogP contribution in [-0.2, 0) is 11.2 Å². The highest BCUT2D eigenvalue weighted by Crippen LogP contribution is 2.37. The number of fused-ring (bicyclic) bond motifs is 1. The molecule has 0 unspecified atom stereocenters. The van der Waals surface area contributed by atoms with Crippen molar-refractivity contribution in [2.45, 2.75) is 33.1 Å². The normalized spacial score (nSPS) is 13.6. The van der Waals surface area contributed by atoms with Gasteiger partial charge in [0.2, 0.25) is 5.91 Å². The van der Waals surface area contributed by atoms with E-state index in [1.165, 1.54) is 4.90 Å². The highest BCUT2D eigenvalue weighted by atomic mass is 16.4. The molecule has 2 aromatic rings. The zero-order valence-corrected chi connectivity index (χ0v) is 13.2. The highest BCUT2D eigenvalue weighted by Gasteiger charge is 2.36. The first-order valence-corrected chi connectivity index (χ1v) is 7.42. The summed E-state index contributed by atoms with van der Waals surface area (Å²) in [5.41, 5.74) is 1.95. The monoisotopic (exact) mass is 311 g/mol. The number of aromatic carboxylic acids is 1. The van der Waals surface area contributed by atoms with Gasteiger partial charge in [-0.25, -0.2) is 14.8 Å². The fourth-order valence-corrected chi connectivity index (χ4v) is 2.68. The summed E-state index contributed by atoms with van der Waals surface area (Å²) in [4.78, 5) is 34.2. The molecule has 0 fully saturated rings. The highest BCUT2D eigenvalue weighted by molar-refractivity contribution is 6.09. The van der Waals surface area contributed by atoms with Crippen LogP contribution in [0.4, 0.5) is 11.5 Å². The molecule has 0 saturated heterocycles. The van der Waals surface area contributed by atoms with Gasteiger partial charge in [-0.2, -0.15) is 0 Å². The largest absolute Gasteiger partial charge is 0.476 e. The first-order valence-electron chi connectivity index (χ1n) is 7.42. The van der Waals surface area contributed by atoms with Crippen LogP contribution in [0.5, 0.6) is 0 Å². The molecule has 3 rings (SSSR count). The first kappa shape index (κ1) is 15.1. The van der Waals surface area contributed by atoms with Gasteiger partial charge < -0.3 is 5.11 Å². The van der Waals surface area contributed by atoms with Crippen LogP contribution in [0.1, 0.15) is 47.2 Å². The van der Waals surface area contributed by atoms with E-state index in [0.29, 0.717) is 17.2 Å². The number of benzene rings is 1. The first-order chi connectivity index (χ1) is 10.9. The quantitative estimate of drug-likeness (QED) is 0.942. The minimum atomic E-state index is -1.13. The number of aromatic nitrogens is 2. The van der Waals surface area contributed by atoms with Crippen LogP contribution >= 0.6 is 0 Å². The Morgan fingerprint density at radius 1 is 1.26 bits per heavy atom. The molecule has 0 spiro atoms. The third-order valence-electron chi connectivity index (χ3n) is 3.87. The molecule has 1 aliphatic heterocycles. The van der Waals surface area contributed by atoms with Crippen molar-refractivity contribution in [1.82, 2.24) is 9.97 Å². The van der Waals surface area contributed by atoms with Crippen LogP contribution in [0.3, 0.4) is 0 Å². The van der Waals surface area contributed by atoms with E-state index < -0.39 is 5.97 Å². The smallest absolute Gasteiger partial charge is 0.355 e.